The van der Waals surface area contributed by atoms with Crippen LogP contribution in [-0.4, -0.2) is 37.4 Å². The summed E-state index contributed by atoms with van der Waals surface area (Å²) >= 11 is 0. The number of ether oxygens (including phenoxy) is 2. The first kappa shape index (κ1) is 22.5. The number of hydrogen-bond acceptors (Lipinski definition) is 5. The molecule has 1 saturated heterocycles. The number of rotatable bonds is 8. The summed E-state index contributed by atoms with van der Waals surface area (Å²) < 4.78 is 10.5. The SMILES string of the molecule is CC[C@H](C)c1ccccc1N1C[C@@H](C(=O)O[C@@H](C)C(=O)c2ccc(OC)cc2)CC1=O. The Morgan fingerprint density at radius 2 is 1.77 bits per heavy atom. The van der Waals surface area contributed by atoms with Gasteiger partial charge in [-0.05, 0) is 55.2 Å². The molecule has 0 saturated carbocycles. The molecule has 0 N–H and O–H groups in total. The third-order valence-corrected chi connectivity index (χ3v) is 5.87. The van der Waals surface area contributed by atoms with Crippen LogP contribution in [0.5, 0.6) is 5.75 Å². The summed E-state index contributed by atoms with van der Waals surface area (Å²) in [5.74, 6) is -0.568. The molecule has 1 amide bonds. The number of carbonyl (C=O) groups is 3. The highest BCUT2D eigenvalue weighted by atomic mass is 16.5. The second-order valence-corrected chi connectivity index (χ2v) is 7.95. The average molecular weight is 424 g/mol. The van der Waals surface area contributed by atoms with Crippen molar-refractivity contribution in [2.45, 2.75) is 45.6 Å². The number of Topliss-reactive ketones (excluding diaryl/α,β-unsaturated/α-hetero) is 1. The minimum Gasteiger partial charge on any atom is -0.497 e. The van der Waals surface area contributed by atoms with Crippen molar-refractivity contribution in [2.24, 2.45) is 5.92 Å². The van der Waals surface area contributed by atoms with Crippen molar-refractivity contribution in [3.05, 3.63) is 59.7 Å². The topological polar surface area (TPSA) is 72.9 Å². The Bertz CT molecular complexity index is 953. The normalized spacial score (nSPS) is 17.9. The van der Waals surface area contributed by atoms with Gasteiger partial charge in [-0.15, -0.1) is 0 Å². The van der Waals surface area contributed by atoms with E-state index in [0.717, 1.165) is 17.7 Å². The van der Waals surface area contributed by atoms with Crippen molar-refractivity contribution in [1.29, 1.82) is 0 Å². The van der Waals surface area contributed by atoms with Crippen LogP contribution in [0.1, 0.15) is 55.5 Å². The van der Waals surface area contributed by atoms with Crippen molar-refractivity contribution in [3.63, 3.8) is 0 Å². The van der Waals surface area contributed by atoms with E-state index in [0.29, 0.717) is 17.2 Å². The lowest BCUT2D eigenvalue weighted by Crippen LogP contribution is -2.30. The summed E-state index contributed by atoms with van der Waals surface area (Å²) in [4.78, 5) is 39.7. The zero-order chi connectivity index (χ0) is 22.5. The van der Waals surface area contributed by atoms with Gasteiger partial charge >= 0.3 is 5.97 Å². The van der Waals surface area contributed by atoms with Crippen LogP contribution in [-0.2, 0) is 14.3 Å². The van der Waals surface area contributed by atoms with Gasteiger partial charge in [0.05, 0.1) is 13.0 Å². The van der Waals surface area contributed by atoms with Gasteiger partial charge in [0.15, 0.2) is 6.10 Å². The van der Waals surface area contributed by atoms with E-state index in [4.69, 9.17) is 9.47 Å². The first-order chi connectivity index (χ1) is 14.8. The Balaban J connectivity index is 1.67. The van der Waals surface area contributed by atoms with E-state index in [-0.39, 0.29) is 24.7 Å². The van der Waals surface area contributed by atoms with E-state index in [1.165, 1.54) is 0 Å². The van der Waals surface area contributed by atoms with Gasteiger partial charge in [-0.2, -0.15) is 0 Å². The fourth-order valence-corrected chi connectivity index (χ4v) is 3.78. The Morgan fingerprint density at radius 3 is 2.42 bits per heavy atom. The molecule has 3 rings (SSSR count). The van der Waals surface area contributed by atoms with E-state index in [1.54, 1.807) is 43.2 Å². The standard InChI is InChI=1S/C25H29NO5/c1-5-16(2)21-8-6-7-9-22(21)26-15-19(14-23(26)27)25(29)31-17(3)24(28)18-10-12-20(30-4)13-11-18/h6-13,16-17,19H,5,14-15H2,1-4H3/t16-,17-,19-/m0/s1. The fraction of sp³-hybridized carbons (Fsp3) is 0.400. The third kappa shape index (κ3) is 4.95. The van der Waals surface area contributed by atoms with E-state index in [2.05, 4.69) is 13.8 Å². The van der Waals surface area contributed by atoms with Crippen LogP contribution in [0.2, 0.25) is 0 Å². The molecule has 1 heterocycles. The van der Waals surface area contributed by atoms with Crippen LogP contribution in [0.3, 0.4) is 0 Å². The maximum atomic E-state index is 12.7. The quantitative estimate of drug-likeness (QED) is 0.465. The van der Waals surface area contributed by atoms with Gasteiger partial charge in [0, 0.05) is 24.2 Å². The second-order valence-electron chi connectivity index (χ2n) is 7.95. The molecule has 0 radical (unpaired) electrons. The van der Waals surface area contributed by atoms with Crippen LogP contribution in [0, 0.1) is 5.92 Å². The third-order valence-electron chi connectivity index (χ3n) is 5.87. The summed E-state index contributed by atoms with van der Waals surface area (Å²) in [7, 11) is 1.55. The van der Waals surface area contributed by atoms with Gasteiger partial charge in [0.25, 0.3) is 0 Å². The van der Waals surface area contributed by atoms with Gasteiger partial charge < -0.3 is 14.4 Å². The van der Waals surface area contributed by atoms with E-state index >= 15 is 0 Å². The van der Waals surface area contributed by atoms with Gasteiger partial charge in [-0.1, -0.05) is 32.0 Å². The molecule has 0 bridgehead atoms. The number of methoxy groups -OCH3 is 1. The molecule has 6 heteroatoms. The van der Waals surface area contributed by atoms with Crippen molar-refractivity contribution in [3.8, 4) is 5.75 Å². The molecule has 1 aliphatic heterocycles. The Hall–Kier alpha value is -3.15. The van der Waals surface area contributed by atoms with E-state index in [9.17, 15) is 14.4 Å². The lowest BCUT2D eigenvalue weighted by Gasteiger charge is -2.23. The minimum atomic E-state index is -0.933. The predicted octanol–water partition coefficient (Wildman–Crippen LogP) is 4.38. The predicted molar refractivity (Wildman–Crippen MR) is 118 cm³/mol. The van der Waals surface area contributed by atoms with Crippen molar-refractivity contribution in [1.82, 2.24) is 0 Å². The lowest BCUT2D eigenvalue weighted by atomic mass is 9.96. The average Bonchev–Trinajstić information content (AvgIpc) is 3.19. The second kappa shape index (κ2) is 9.77. The summed E-state index contributed by atoms with van der Waals surface area (Å²) in [6.07, 6.45) is 0.101. The van der Waals surface area contributed by atoms with Crippen LogP contribution in [0.15, 0.2) is 48.5 Å². The van der Waals surface area contributed by atoms with Crippen molar-refractivity contribution in [2.75, 3.05) is 18.6 Å². The van der Waals surface area contributed by atoms with Gasteiger partial charge in [-0.25, -0.2) is 0 Å². The van der Waals surface area contributed by atoms with Crippen LogP contribution in [0.4, 0.5) is 5.69 Å². The molecule has 31 heavy (non-hydrogen) atoms. The molecule has 2 aromatic rings. The molecule has 1 fully saturated rings. The zero-order valence-corrected chi connectivity index (χ0v) is 18.5. The summed E-state index contributed by atoms with van der Waals surface area (Å²) in [5.41, 5.74) is 2.38. The molecular weight excluding hydrogens is 394 g/mol. The fourth-order valence-electron chi connectivity index (χ4n) is 3.78. The highest BCUT2D eigenvalue weighted by Gasteiger charge is 2.38. The first-order valence-electron chi connectivity index (χ1n) is 10.6. The molecule has 0 aliphatic carbocycles. The number of hydrogen-bond donors (Lipinski definition) is 0. The molecule has 0 spiro atoms. The maximum absolute atomic E-state index is 12.7. The maximum Gasteiger partial charge on any atom is 0.312 e. The molecule has 0 unspecified atom stereocenters. The Morgan fingerprint density at radius 1 is 1.10 bits per heavy atom. The van der Waals surface area contributed by atoms with Gasteiger partial charge in [-0.3, -0.25) is 14.4 Å². The summed E-state index contributed by atoms with van der Waals surface area (Å²) in [5, 5.41) is 0. The highest BCUT2D eigenvalue weighted by Crippen LogP contribution is 2.33. The Kier molecular flexibility index (Phi) is 7.10. The number of esters is 1. The van der Waals surface area contributed by atoms with Gasteiger partial charge in [0.2, 0.25) is 11.7 Å². The molecular formula is C25H29NO5. The number of nitrogens with zero attached hydrogens (tertiary/aromatic N) is 1. The van der Waals surface area contributed by atoms with Gasteiger partial charge in [0.1, 0.15) is 5.75 Å². The molecule has 3 atom stereocenters. The van der Waals surface area contributed by atoms with E-state index < -0.39 is 18.0 Å². The largest absolute Gasteiger partial charge is 0.497 e. The first-order valence-corrected chi connectivity index (χ1v) is 10.6. The van der Waals surface area contributed by atoms with Crippen LogP contribution >= 0.6 is 0 Å². The van der Waals surface area contributed by atoms with Crippen molar-refractivity contribution >= 4 is 23.3 Å². The smallest absolute Gasteiger partial charge is 0.312 e. The van der Waals surface area contributed by atoms with Crippen LogP contribution in [0.25, 0.3) is 0 Å². The number of amides is 1. The van der Waals surface area contributed by atoms with Crippen molar-refractivity contribution < 1.29 is 23.9 Å². The molecule has 0 aromatic heterocycles. The van der Waals surface area contributed by atoms with Crippen LogP contribution < -0.4 is 9.64 Å². The zero-order valence-electron chi connectivity index (χ0n) is 18.5. The minimum absolute atomic E-state index is 0.0805. The molecule has 6 nitrogen and oxygen atoms in total. The highest BCUT2D eigenvalue weighted by molar-refractivity contribution is 6.02. The number of para-hydroxylation sites is 1. The number of anilines is 1. The number of carbonyl (C=O) groups excluding carboxylic acids is 3. The molecule has 1 aliphatic rings. The van der Waals surface area contributed by atoms with E-state index in [1.807, 2.05) is 24.3 Å². The lowest BCUT2D eigenvalue weighted by molar-refractivity contribution is -0.151. The number of benzene rings is 2. The Labute approximate surface area is 183 Å². The monoisotopic (exact) mass is 423 g/mol. The summed E-state index contributed by atoms with van der Waals surface area (Å²) in [6.45, 7) is 6.04. The molecule has 2 aromatic carbocycles. The summed E-state index contributed by atoms with van der Waals surface area (Å²) in [6, 6.07) is 14.4. The molecule has 164 valence electrons. The number of ketones is 1.